The minimum atomic E-state index is 0.550. The fraction of sp³-hybridized carbons (Fsp3) is 0.417. The highest BCUT2D eigenvalue weighted by Gasteiger charge is 2.40. The summed E-state index contributed by atoms with van der Waals surface area (Å²) in [5.74, 6) is 1.25. The molecule has 0 amide bonds. The number of thioether (sulfide) groups is 1. The van der Waals surface area contributed by atoms with Crippen molar-refractivity contribution in [1.29, 1.82) is 0 Å². The molecule has 15 heavy (non-hydrogen) atoms. The molecule has 0 bridgehead atoms. The molecule has 2 heterocycles. The van der Waals surface area contributed by atoms with Gasteiger partial charge in [0.2, 0.25) is 0 Å². The van der Waals surface area contributed by atoms with Crippen molar-refractivity contribution in [3.8, 4) is 0 Å². The van der Waals surface area contributed by atoms with Crippen LogP contribution in [0.2, 0.25) is 0 Å². The summed E-state index contributed by atoms with van der Waals surface area (Å²) in [6, 6.07) is 11.4. The first kappa shape index (κ1) is 9.28. The number of rotatable bonds is 1. The van der Waals surface area contributed by atoms with Crippen LogP contribution in [0, 0.1) is 0 Å². The van der Waals surface area contributed by atoms with E-state index in [9.17, 15) is 0 Å². The van der Waals surface area contributed by atoms with Crippen molar-refractivity contribution >= 4 is 16.9 Å². The van der Waals surface area contributed by atoms with E-state index in [1.54, 1.807) is 0 Å². The van der Waals surface area contributed by atoms with Gasteiger partial charge in [-0.1, -0.05) is 30.3 Å². The van der Waals surface area contributed by atoms with Crippen LogP contribution in [0.5, 0.6) is 0 Å². The molecule has 0 saturated heterocycles. The average molecular weight is 219 g/mol. The molecule has 1 aromatic carbocycles. The van der Waals surface area contributed by atoms with Gasteiger partial charge in [0.05, 0.1) is 13.6 Å². The predicted octanol–water partition coefficient (Wildman–Crippen LogP) is 1.79. The molecule has 0 spiro atoms. The molecule has 3 heteroatoms. The molecule has 0 aliphatic carbocycles. The zero-order chi connectivity index (χ0) is 10.3. The van der Waals surface area contributed by atoms with Crippen molar-refractivity contribution in [3.05, 3.63) is 35.9 Å². The minimum absolute atomic E-state index is 0.550. The van der Waals surface area contributed by atoms with Crippen LogP contribution in [-0.2, 0) is 0 Å². The van der Waals surface area contributed by atoms with Gasteiger partial charge >= 0.3 is 5.17 Å². The Morgan fingerprint density at radius 1 is 1.33 bits per heavy atom. The molecule has 1 aromatic rings. The summed E-state index contributed by atoms with van der Waals surface area (Å²) < 4.78 is 2.50. The van der Waals surface area contributed by atoms with E-state index in [4.69, 9.17) is 0 Å². The van der Waals surface area contributed by atoms with E-state index < -0.39 is 0 Å². The Balaban J connectivity index is 1.88. The molecule has 78 valence electrons. The number of benzene rings is 1. The Labute approximate surface area is 94.6 Å². The van der Waals surface area contributed by atoms with E-state index >= 15 is 0 Å². The number of nitrogens with zero attached hydrogens (tertiary/aromatic N) is 2. The molecule has 0 saturated carbocycles. The molecule has 2 aliphatic rings. The van der Waals surface area contributed by atoms with E-state index in [-0.39, 0.29) is 0 Å². The van der Waals surface area contributed by atoms with E-state index in [0.29, 0.717) is 6.04 Å². The fourth-order valence-corrected chi connectivity index (χ4v) is 3.57. The minimum Gasteiger partial charge on any atom is -0.251 e. The molecule has 0 unspecified atom stereocenters. The van der Waals surface area contributed by atoms with Crippen LogP contribution in [0.4, 0.5) is 0 Å². The summed E-state index contributed by atoms with van der Waals surface area (Å²) in [6.45, 7) is 2.37. The van der Waals surface area contributed by atoms with Gasteiger partial charge in [0.1, 0.15) is 6.54 Å². The van der Waals surface area contributed by atoms with E-state index in [1.165, 1.54) is 23.0 Å². The summed E-state index contributed by atoms with van der Waals surface area (Å²) in [5.41, 5.74) is 1.43. The fourth-order valence-electron chi connectivity index (χ4n) is 2.40. The lowest BCUT2D eigenvalue weighted by Crippen LogP contribution is -2.24. The second-order valence-corrected chi connectivity index (χ2v) is 5.18. The first-order valence-electron chi connectivity index (χ1n) is 5.39. The third-order valence-electron chi connectivity index (χ3n) is 3.21. The maximum absolute atomic E-state index is 2.50. The molecule has 1 atom stereocenters. The van der Waals surface area contributed by atoms with Gasteiger partial charge < -0.3 is 0 Å². The van der Waals surface area contributed by atoms with Crippen LogP contribution < -0.4 is 0 Å². The molecule has 3 rings (SSSR count). The van der Waals surface area contributed by atoms with Gasteiger partial charge in [-0.2, -0.15) is 0 Å². The zero-order valence-corrected chi connectivity index (χ0v) is 9.70. The zero-order valence-electron chi connectivity index (χ0n) is 8.89. The van der Waals surface area contributed by atoms with Crippen LogP contribution in [0.1, 0.15) is 11.6 Å². The number of hydrogen-bond donors (Lipinski definition) is 0. The van der Waals surface area contributed by atoms with E-state index in [2.05, 4.69) is 46.9 Å². The van der Waals surface area contributed by atoms with Gasteiger partial charge in [0.15, 0.2) is 6.04 Å². The average Bonchev–Trinajstić information content (AvgIpc) is 2.83. The third-order valence-corrected chi connectivity index (χ3v) is 4.40. The Morgan fingerprint density at radius 2 is 2.13 bits per heavy atom. The molecule has 2 aliphatic heterocycles. The lowest BCUT2D eigenvalue weighted by molar-refractivity contribution is -0.511. The summed E-state index contributed by atoms with van der Waals surface area (Å²) >= 11 is 1.99. The smallest absolute Gasteiger partial charge is 0.251 e. The lowest BCUT2D eigenvalue weighted by atomic mass is 10.1. The van der Waals surface area contributed by atoms with Gasteiger partial charge in [-0.05, 0) is 11.8 Å². The van der Waals surface area contributed by atoms with E-state index in [1.807, 2.05) is 11.8 Å². The maximum atomic E-state index is 2.50. The monoisotopic (exact) mass is 219 g/mol. The molecule has 0 fully saturated rings. The summed E-state index contributed by atoms with van der Waals surface area (Å²) in [4.78, 5) is 2.42. The Bertz CT molecular complexity index is 399. The topological polar surface area (TPSA) is 6.25 Å². The summed E-state index contributed by atoms with van der Waals surface area (Å²) in [5, 5.41) is 1.46. The van der Waals surface area contributed by atoms with Crippen molar-refractivity contribution in [1.82, 2.24) is 4.90 Å². The predicted molar refractivity (Wildman–Crippen MR) is 64.4 cm³/mol. The normalized spacial score (nSPS) is 24.9. The van der Waals surface area contributed by atoms with Gasteiger partial charge in [0.25, 0.3) is 0 Å². The second-order valence-electron chi connectivity index (χ2n) is 4.11. The lowest BCUT2D eigenvalue weighted by Gasteiger charge is -2.15. The molecule has 0 aromatic heterocycles. The van der Waals surface area contributed by atoms with Crippen LogP contribution in [-0.4, -0.2) is 40.5 Å². The Hall–Kier alpha value is -0.960. The molecular weight excluding hydrogens is 204 g/mol. The summed E-state index contributed by atoms with van der Waals surface area (Å²) in [7, 11) is 2.21. The van der Waals surface area contributed by atoms with Gasteiger partial charge in [-0.3, -0.25) is 4.58 Å². The highest BCUT2D eigenvalue weighted by atomic mass is 32.2. The number of amidine groups is 1. The largest absolute Gasteiger partial charge is 0.309 e. The molecule has 0 N–H and O–H groups in total. The molecule has 2 nitrogen and oxygen atoms in total. The molecule has 0 radical (unpaired) electrons. The van der Waals surface area contributed by atoms with Crippen molar-refractivity contribution in [3.63, 3.8) is 0 Å². The SMILES string of the molecule is CN1C2=[N+](CCS2)C[C@@H]1c1ccccc1. The van der Waals surface area contributed by atoms with Crippen molar-refractivity contribution in [2.45, 2.75) is 6.04 Å². The van der Waals surface area contributed by atoms with Crippen LogP contribution >= 0.6 is 11.8 Å². The van der Waals surface area contributed by atoms with Gasteiger partial charge in [-0.15, -0.1) is 0 Å². The quantitative estimate of drug-likeness (QED) is 0.664. The Morgan fingerprint density at radius 3 is 2.87 bits per heavy atom. The third kappa shape index (κ3) is 1.46. The highest BCUT2D eigenvalue weighted by Crippen LogP contribution is 2.31. The van der Waals surface area contributed by atoms with Crippen molar-refractivity contribution < 1.29 is 4.58 Å². The first-order valence-corrected chi connectivity index (χ1v) is 6.37. The van der Waals surface area contributed by atoms with Crippen LogP contribution in [0.15, 0.2) is 30.3 Å². The number of likely N-dealkylation sites (N-methyl/N-ethyl adjacent to an activating group) is 1. The van der Waals surface area contributed by atoms with Crippen molar-refractivity contribution in [2.24, 2.45) is 0 Å². The van der Waals surface area contributed by atoms with Crippen molar-refractivity contribution in [2.75, 3.05) is 25.9 Å². The standard InChI is InChI=1S/C12H15N2S/c1-13-11(10-5-3-2-4-6-10)9-14-7-8-15-12(13)14/h2-6,11H,7-9H2,1H3/q+1/t11-/m1/s1. The van der Waals surface area contributed by atoms with Gasteiger partial charge in [-0.25, -0.2) is 4.90 Å². The summed E-state index contributed by atoms with van der Waals surface area (Å²) in [6.07, 6.45) is 0. The second kappa shape index (κ2) is 3.56. The van der Waals surface area contributed by atoms with Crippen LogP contribution in [0.3, 0.4) is 0 Å². The van der Waals surface area contributed by atoms with Gasteiger partial charge in [0, 0.05) is 11.3 Å². The van der Waals surface area contributed by atoms with Crippen LogP contribution in [0.25, 0.3) is 0 Å². The first-order chi connectivity index (χ1) is 7.36. The van der Waals surface area contributed by atoms with E-state index in [0.717, 1.165) is 6.54 Å². The molecular formula is C12H15N2S+. The Kier molecular flexibility index (Phi) is 2.20. The number of hydrogen-bond acceptors (Lipinski definition) is 2. The highest BCUT2D eigenvalue weighted by molar-refractivity contribution is 8.13. The maximum Gasteiger partial charge on any atom is 0.309 e.